The molecule has 1 aliphatic rings. The summed E-state index contributed by atoms with van der Waals surface area (Å²) < 4.78 is 26.8. The quantitative estimate of drug-likeness (QED) is 0.643. The summed E-state index contributed by atoms with van der Waals surface area (Å²) in [6, 6.07) is 5.38. The number of urea groups is 1. The minimum absolute atomic E-state index is 0.0682. The number of carboxylic acid groups (broad SMARTS) is 1. The van der Waals surface area contributed by atoms with Gasteiger partial charge in [0.15, 0.2) is 0 Å². The van der Waals surface area contributed by atoms with Crippen LogP contribution in [0.2, 0.25) is 0 Å². The number of nitrogens with zero attached hydrogens (tertiary/aromatic N) is 1. The molecule has 0 aromatic heterocycles. The summed E-state index contributed by atoms with van der Waals surface area (Å²) in [5, 5.41) is 11.5. The molecule has 1 fully saturated rings. The van der Waals surface area contributed by atoms with Gasteiger partial charge >= 0.3 is 12.0 Å². The third-order valence-electron chi connectivity index (χ3n) is 3.99. The molecule has 0 aliphatic heterocycles. The van der Waals surface area contributed by atoms with Crippen molar-refractivity contribution in [1.82, 2.24) is 9.62 Å². The van der Waals surface area contributed by atoms with E-state index in [4.69, 9.17) is 5.11 Å². The molecule has 0 bridgehead atoms. The highest BCUT2D eigenvalue weighted by atomic mass is 32.2. The lowest BCUT2D eigenvalue weighted by Crippen LogP contribution is -2.36. The Morgan fingerprint density at radius 1 is 1.28 bits per heavy atom. The van der Waals surface area contributed by atoms with Crippen LogP contribution in [-0.4, -0.2) is 50.6 Å². The predicted octanol–water partition coefficient (Wildman–Crippen LogP) is 1.56. The van der Waals surface area contributed by atoms with Crippen LogP contribution < -0.4 is 10.0 Å². The van der Waals surface area contributed by atoms with Crippen LogP contribution in [0.1, 0.15) is 19.8 Å². The number of benzene rings is 1. The predicted molar refractivity (Wildman–Crippen MR) is 92.8 cm³/mol. The summed E-state index contributed by atoms with van der Waals surface area (Å²) in [7, 11) is -2.05. The molecule has 3 N–H and O–H groups in total. The minimum Gasteiger partial charge on any atom is -0.481 e. The average molecular weight is 369 g/mol. The van der Waals surface area contributed by atoms with Crippen molar-refractivity contribution in [2.24, 2.45) is 11.8 Å². The average Bonchev–Trinajstić information content (AvgIpc) is 3.37. The van der Waals surface area contributed by atoms with Crippen molar-refractivity contribution in [1.29, 1.82) is 0 Å². The molecular weight excluding hydrogens is 346 g/mol. The fourth-order valence-electron chi connectivity index (χ4n) is 2.14. The van der Waals surface area contributed by atoms with Crippen molar-refractivity contribution in [3.63, 3.8) is 0 Å². The summed E-state index contributed by atoms with van der Waals surface area (Å²) in [4.78, 5) is 24.3. The maximum absolute atomic E-state index is 12.1. The molecule has 0 spiro atoms. The van der Waals surface area contributed by atoms with E-state index in [1.807, 2.05) is 0 Å². The Morgan fingerprint density at radius 2 is 1.88 bits per heavy atom. The number of hydrogen-bond donors (Lipinski definition) is 3. The Balaban J connectivity index is 1.92. The highest BCUT2D eigenvalue weighted by molar-refractivity contribution is 7.89. The normalized spacial score (nSPS) is 15.4. The number of rotatable bonds is 8. The molecule has 0 heterocycles. The van der Waals surface area contributed by atoms with Crippen LogP contribution in [0.4, 0.5) is 10.5 Å². The van der Waals surface area contributed by atoms with Gasteiger partial charge in [-0.1, -0.05) is 6.92 Å². The first-order valence-corrected chi connectivity index (χ1v) is 9.52. The molecule has 25 heavy (non-hydrogen) atoms. The number of aliphatic carboxylic acids is 1. The fraction of sp³-hybridized carbons (Fsp3) is 0.500. The van der Waals surface area contributed by atoms with Gasteiger partial charge in [0.1, 0.15) is 0 Å². The molecule has 1 aromatic carbocycles. The molecule has 2 amide bonds. The number of carboxylic acids is 1. The molecule has 138 valence electrons. The van der Waals surface area contributed by atoms with Gasteiger partial charge in [-0.2, -0.15) is 0 Å². The van der Waals surface area contributed by atoms with Crippen molar-refractivity contribution in [2.45, 2.75) is 24.7 Å². The van der Waals surface area contributed by atoms with Gasteiger partial charge in [-0.3, -0.25) is 4.79 Å². The third-order valence-corrected chi connectivity index (χ3v) is 5.43. The van der Waals surface area contributed by atoms with Crippen molar-refractivity contribution in [2.75, 3.05) is 25.5 Å². The van der Waals surface area contributed by atoms with Gasteiger partial charge in [0.2, 0.25) is 10.0 Å². The standard InChI is InChI=1S/C16H23N3O5S/c1-11(15(20)21)10-19(2)16(22)18-13-5-7-14(8-6-13)25(23,24)17-9-12-3-4-12/h5-8,11-12,17H,3-4,9-10H2,1-2H3,(H,18,22)(H,20,21). The van der Waals surface area contributed by atoms with Crippen LogP contribution in [-0.2, 0) is 14.8 Å². The smallest absolute Gasteiger partial charge is 0.321 e. The Kier molecular flexibility index (Phi) is 6.02. The fourth-order valence-corrected chi connectivity index (χ4v) is 3.26. The van der Waals surface area contributed by atoms with E-state index in [0.717, 1.165) is 12.8 Å². The first-order chi connectivity index (χ1) is 11.7. The Bertz CT molecular complexity index is 729. The molecule has 0 saturated heterocycles. The molecule has 1 aromatic rings. The molecule has 2 rings (SSSR count). The Hall–Kier alpha value is -2.13. The van der Waals surface area contributed by atoms with E-state index in [2.05, 4.69) is 10.0 Å². The van der Waals surface area contributed by atoms with Gasteiger partial charge in [-0.25, -0.2) is 17.9 Å². The summed E-state index contributed by atoms with van der Waals surface area (Å²) in [5.74, 6) is -1.22. The number of carbonyl (C=O) groups excluding carboxylic acids is 1. The van der Waals surface area contributed by atoms with Crippen molar-refractivity contribution < 1.29 is 23.1 Å². The highest BCUT2D eigenvalue weighted by Gasteiger charge is 2.24. The summed E-state index contributed by atoms with van der Waals surface area (Å²) in [6.07, 6.45) is 2.11. The van der Waals surface area contributed by atoms with E-state index in [1.165, 1.54) is 43.1 Å². The van der Waals surface area contributed by atoms with E-state index < -0.39 is 27.9 Å². The molecular formula is C16H23N3O5S. The molecule has 9 heteroatoms. The summed E-state index contributed by atoms with van der Waals surface area (Å²) in [5.41, 5.74) is 0.431. The Labute approximate surface area is 147 Å². The molecule has 1 aliphatic carbocycles. The van der Waals surface area contributed by atoms with Gasteiger partial charge in [-0.05, 0) is 43.0 Å². The first-order valence-electron chi connectivity index (χ1n) is 8.03. The van der Waals surface area contributed by atoms with Crippen LogP contribution >= 0.6 is 0 Å². The Morgan fingerprint density at radius 3 is 2.40 bits per heavy atom. The van der Waals surface area contributed by atoms with Crippen molar-refractivity contribution in [3.05, 3.63) is 24.3 Å². The summed E-state index contributed by atoms with van der Waals surface area (Å²) in [6.45, 7) is 2.03. The van der Waals surface area contributed by atoms with Gasteiger partial charge in [0, 0.05) is 25.8 Å². The van der Waals surface area contributed by atoms with Crippen LogP contribution in [0.25, 0.3) is 0 Å². The van der Waals surface area contributed by atoms with Gasteiger partial charge in [0.05, 0.1) is 10.8 Å². The second kappa shape index (κ2) is 7.83. The van der Waals surface area contributed by atoms with Gasteiger partial charge in [-0.15, -0.1) is 0 Å². The number of amides is 2. The van der Waals surface area contributed by atoms with Crippen LogP contribution in [0, 0.1) is 11.8 Å². The van der Waals surface area contributed by atoms with E-state index in [1.54, 1.807) is 0 Å². The topological polar surface area (TPSA) is 116 Å². The molecule has 1 unspecified atom stereocenters. The number of anilines is 1. The van der Waals surface area contributed by atoms with Crippen molar-refractivity contribution >= 4 is 27.7 Å². The zero-order valence-electron chi connectivity index (χ0n) is 14.2. The largest absolute Gasteiger partial charge is 0.481 e. The lowest BCUT2D eigenvalue weighted by Gasteiger charge is -2.20. The van der Waals surface area contributed by atoms with Crippen LogP contribution in [0.3, 0.4) is 0 Å². The van der Waals surface area contributed by atoms with Gasteiger partial charge in [0.25, 0.3) is 0 Å². The first kappa shape index (κ1) is 19.2. The van der Waals surface area contributed by atoms with Gasteiger partial charge < -0.3 is 15.3 Å². The van der Waals surface area contributed by atoms with E-state index in [0.29, 0.717) is 18.2 Å². The van der Waals surface area contributed by atoms with E-state index in [-0.39, 0.29) is 11.4 Å². The lowest BCUT2D eigenvalue weighted by molar-refractivity contribution is -0.141. The highest BCUT2D eigenvalue weighted by Crippen LogP contribution is 2.28. The summed E-state index contributed by atoms with van der Waals surface area (Å²) >= 11 is 0. The van der Waals surface area contributed by atoms with Crippen molar-refractivity contribution in [3.8, 4) is 0 Å². The van der Waals surface area contributed by atoms with E-state index >= 15 is 0 Å². The molecule has 1 atom stereocenters. The van der Waals surface area contributed by atoms with Crippen LogP contribution in [0.5, 0.6) is 0 Å². The lowest BCUT2D eigenvalue weighted by atomic mass is 10.2. The number of carbonyl (C=O) groups is 2. The zero-order valence-corrected chi connectivity index (χ0v) is 15.0. The van der Waals surface area contributed by atoms with E-state index in [9.17, 15) is 18.0 Å². The maximum atomic E-state index is 12.1. The number of sulfonamides is 1. The van der Waals surface area contributed by atoms with Crippen LogP contribution in [0.15, 0.2) is 29.2 Å². The monoisotopic (exact) mass is 369 g/mol. The maximum Gasteiger partial charge on any atom is 0.321 e. The zero-order chi connectivity index (χ0) is 18.6. The second-order valence-corrected chi connectivity index (χ2v) is 8.14. The molecule has 0 radical (unpaired) electrons. The molecule has 8 nitrogen and oxygen atoms in total. The molecule has 1 saturated carbocycles. The number of nitrogens with one attached hydrogen (secondary N) is 2. The minimum atomic E-state index is -3.54. The third kappa shape index (κ3) is 5.71. The second-order valence-electron chi connectivity index (χ2n) is 6.37. The number of hydrogen-bond acceptors (Lipinski definition) is 4. The SMILES string of the molecule is CC(CN(C)C(=O)Nc1ccc(S(=O)(=O)NCC2CC2)cc1)C(=O)O.